The van der Waals surface area contributed by atoms with Gasteiger partial charge in [-0.15, -0.1) is 0 Å². The lowest BCUT2D eigenvalue weighted by Crippen LogP contribution is -2.23. The zero-order chi connectivity index (χ0) is 12.8. The predicted molar refractivity (Wildman–Crippen MR) is 65.4 cm³/mol. The molecular weight excluding hydrogens is 267 g/mol. The number of nitrogens with one attached hydrogen (secondary N) is 1. The summed E-state index contributed by atoms with van der Waals surface area (Å²) in [6.07, 6.45) is -0.819. The van der Waals surface area contributed by atoms with Gasteiger partial charge in [0, 0.05) is 23.7 Å². The van der Waals surface area contributed by atoms with E-state index in [0.29, 0.717) is 23.7 Å². The summed E-state index contributed by atoms with van der Waals surface area (Å²) >= 11 is 11.5. The van der Waals surface area contributed by atoms with Gasteiger partial charge in [-0.05, 0) is 12.1 Å². The van der Waals surface area contributed by atoms with Crippen LogP contribution in [0, 0.1) is 0 Å². The van der Waals surface area contributed by atoms with Crippen molar-refractivity contribution in [2.24, 2.45) is 5.73 Å². The molecule has 94 valence electrons. The van der Waals surface area contributed by atoms with Gasteiger partial charge in [-0.2, -0.15) is 0 Å². The number of ether oxygens (including phenoxy) is 1. The fourth-order valence-corrected chi connectivity index (χ4v) is 1.74. The molecule has 0 aliphatic rings. The summed E-state index contributed by atoms with van der Waals surface area (Å²) in [5, 5.41) is 13.2. The molecule has 0 aromatic heterocycles. The van der Waals surface area contributed by atoms with Gasteiger partial charge >= 0.3 is 6.09 Å². The van der Waals surface area contributed by atoms with E-state index in [0.717, 1.165) is 0 Å². The number of nitrogens with two attached hydrogens (primary N) is 1. The Hall–Kier alpha value is -1.17. The molecule has 7 heteroatoms. The molecule has 5 nitrogen and oxygen atoms in total. The second-order valence-corrected chi connectivity index (χ2v) is 4.08. The Balaban J connectivity index is 2.44. The van der Waals surface area contributed by atoms with Crippen LogP contribution in [-0.2, 0) is 11.3 Å². The number of carbonyl (C=O) groups is 1. The maximum absolute atomic E-state index is 10.3. The summed E-state index contributed by atoms with van der Waals surface area (Å²) in [4.78, 5) is 10.3. The number of amides is 1. The van der Waals surface area contributed by atoms with E-state index in [1.807, 2.05) is 0 Å². The Labute approximate surface area is 108 Å². The van der Waals surface area contributed by atoms with Gasteiger partial charge in [-0.3, -0.25) is 0 Å². The normalized spacial score (nSPS) is 10.2. The average Bonchev–Trinajstić information content (AvgIpc) is 2.23. The highest BCUT2D eigenvalue weighted by atomic mass is 35.5. The molecule has 0 radical (unpaired) electrons. The van der Waals surface area contributed by atoms with Crippen LogP contribution in [0.15, 0.2) is 12.1 Å². The van der Waals surface area contributed by atoms with Crippen LogP contribution in [0.1, 0.15) is 5.56 Å². The molecular formula is C10H12Cl2N2O3. The first-order chi connectivity index (χ1) is 8.00. The Morgan fingerprint density at radius 3 is 2.82 bits per heavy atom. The van der Waals surface area contributed by atoms with E-state index >= 15 is 0 Å². The van der Waals surface area contributed by atoms with E-state index in [4.69, 9.17) is 28.9 Å². The van der Waals surface area contributed by atoms with Crippen LogP contribution in [0.3, 0.4) is 0 Å². The summed E-state index contributed by atoms with van der Waals surface area (Å²) in [6, 6.07) is 3.06. The second-order valence-electron chi connectivity index (χ2n) is 3.24. The van der Waals surface area contributed by atoms with E-state index < -0.39 is 6.09 Å². The molecule has 0 bridgehead atoms. The molecule has 1 rings (SSSR count). The molecule has 0 fully saturated rings. The fraction of sp³-hybridized carbons (Fsp3) is 0.300. The Kier molecular flexibility index (Phi) is 5.34. The van der Waals surface area contributed by atoms with Crippen molar-refractivity contribution in [1.82, 2.24) is 5.32 Å². The van der Waals surface area contributed by atoms with Crippen molar-refractivity contribution >= 4 is 29.3 Å². The standard InChI is InChI=1S/C10H12Cl2N2O3/c11-7-3-6(9(15)8(12)4-7)5-14-1-2-17-10(13)16/h3-4,14-15H,1-2,5H2,(H2,13,16). The van der Waals surface area contributed by atoms with Gasteiger partial charge in [0.05, 0.1) is 5.02 Å². The van der Waals surface area contributed by atoms with Crippen molar-refractivity contribution in [1.29, 1.82) is 0 Å². The number of carbonyl (C=O) groups excluding carboxylic acids is 1. The summed E-state index contributed by atoms with van der Waals surface area (Å²) in [6.45, 7) is 0.922. The lowest BCUT2D eigenvalue weighted by molar-refractivity contribution is 0.157. The van der Waals surface area contributed by atoms with Crippen molar-refractivity contribution in [3.05, 3.63) is 27.7 Å². The molecule has 0 saturated heterocycles. The topological polar surface area (TPSA) is 84.6 Å². The number of phenolic OH excluding ortho intramolecular Hbond substituents is 1. The van der Waals surface area contributed by atoms with Gasteiger partial charge in [0.25, 0.3) is 0 Å². The Morgan fingerprint density at radius 2 is 2.18 bits per heavy atom. The number of hydrogen-bond donors (Lipinski definition) is 3. The number of benzene rings is 1. The molecule has 0 saturated carbocycles. The number of primary amides is 1. The van der Waals surface area contributed by atoms with Gasteiger partial charge in [0.2, 0.25) is 0 Å². The van der Waals surface area contributed by atoms with E-state index in [9.17, 15) is 9.90 Å². The quantitative estimate of drug-likeness (QED) is 0.718. The Morgan fingerprint density at radius 1 is 1.47 bits per heavy atom. The lowest BCUT2D eigenvalue weighted by Gasteiger charge is -2.08. The highest BCUT2D eigenvalue weighted by molar-refractivity contribution is 6.35. The highest BCUT2D eigenvalue weighted by Crippen LogP contribution is 2.30. The molecule has 0 aliphatic carbocycles. The smallest absolute Gasteiger partial charge is 0.404 e. The van der Waals surface area contributed by atoms with Gasteiger partial charge < -0.3 is 20.9 Å². The van der Waals surface area contributed by atoms with Crippen LogP contribution in [0.25, 0.3) is 0 Å². The summed E-state index contributed by atoms with van der Waals surface area (Å²) in [5.41, 5.74) is 5.36. The number of rotatable bonds is 5. The minimum absolute atomic E-state index is 0.0145. The molecule has 0 unspecified atom stereocenters. The number of hydrogen-bond acceptors (Lipinski definition) is 4. The molecule has 17 heavy (non-hydrogen) atoms. The van der Waals surface area contributed by atoms with Gasteiger partial charge in [-0.25, -0.2) is 4.79 Å². The molecule has 0 heterocycles. The van der Waals surface area contributed by atoms with E-state index in [2.05, 4.69) is 10.1 Å². The van der Waals surface area contributed by atoms with Crippen molar-refractivity contribution in [3.63, 3.8) is 0 Å². The average molecular weight is 279 g/mol. The van der Waals surface area contributed by atoms with E-state index in [-0.39, 0.29) is 17.4 Å². The molecule has 1 amide bonds. The van der Waals surface area contributed by atoms with Crippen LogP contribution in [0.4, 0.5) is 4.79 Å². The highest BCUT2D eigenvalue weighted by Gasteiger charge is 2.07. The van der Waals surface area contributed by atoms with E-state index in [1.165, 1.54) is 6.07 Å². The summed E-state index contributed by atoms with van der Waals surface area (Å²) in [7, 11) is 0. The molecule has 1 aromatic carbocycles. The third-order valence-corrected chi connectivity index (χ3v) is 2.45. The maximum atomic E-state index is 10.3. The van der Waals surface area contributed by atoms with Crippen molar-refractivity contribution in [2.45, 2.75) is 6.54 Å². The first-order valence-electron chi connectivity index (χ1n) is 4.80. The maximum Gasteiger partial charge on any atom is 0.404 e. The monoisotopic (exact) mass is 278 g/mol. The third kappa shape index (κ3) is 4.68. The lowest BCUT2D eigenvalue weighted by atomic mass is 10.2. The predicted octanol–water partition coefficient (Wildman–Crippen LogP) is 1.88. The van der Waals surface area contributed by atoms with Crippen LogP contribution in [0.2, 0.25) is 10.0 Å². The number of halogens is 2. The fourth-order valence-electron chi connectivity index (χ4n) is 1.20. The van der Waals surface area contributed by atoms with E-state index in [1.54, 1.807) is 6.07 Å². The molecule has 0 spiro atoms. The number of phenols is 1. The minimum Gasteiger partial charge on any atom is -0.506 e. The second kappa shape index (κ2) is 6.54. The van der Waals surface area contributed by atoms with Crippen LogP contribution < -0.4 is 11.1 Å². The molecule has 0 aliphatic heterocycles. The van der Waals surface area contributed by atoms with Crippen LogP contribution >= 0.6 is 23.2 Å². The number of aromatic hydroxyl groups is 1. The first-order valence-corrected chi connectivity index (χ1v) is 5.56. The zero-order valence-electron chi connectivity index (χ0n) is 8.87. The molecule has 1 aromatic rings. The SMILES string of the molecule is NC(=O)OCCNCc1cc(Cl)cc(Cl)c1O. The van der Waals surface area contributed by atoms with Crippen LogP contribution in [-0.4, -0.2) is 24.4 Å². The summed E-state index contributed by atoms with van der Waals surface area (Å²) < 4.78 is 4.52. The van der Waals surface area contributed by atoms with Crippen molar-refractivity contribution in [3.8, 4) is 5.75 Å². The largest absolute Gasteiger partial charge is 0.506 e. The Bertz CT molecular complexity index is 413. The first kappa shape index (κ1) is 13.9. The van der Waals surface area contributed by atoms with Gasteiger partial charge in [0.1, 0.15) is 12.4 Å². The summed E-state index contributed by atoms with van der Waals surface area (Å²) in [5.74, 6) is -0.0145. The van der Waals surface area contributed by atoms with Gasteiger partial charge in [0.15, 0.2) is 0 Å². The van der Waals surface area contributed by atoms with Gasteiger partial charge in [-0.1, -0.05) is 23.2 Å². The van der Waals surface area contributed by atoms with Crippen LogP contribution in [0.5, 0.6) is 5.75 Å². The minimum atomic E-state index is -0.819. The zero-order valence-corrected chi connectivity index (χ0v) is 10.4. The third-order valence-electron chi connectivity index (χ3n) is 1.95. The molecule has 4 N–H and O–H groups in total. The van der Waals surface area contributed by atoms with Crippen molar-refractivity contribution < 1.29 is 14.6 Å². The van der Waals surface area contributed by atoms with Crippen molar-refractivity contribution in [2.75, 3.05) is 13.2 Å². The molecule has 0 atom stereocenters.